The molecule has 2 aromatic rings. The third kappa shape index (κ3) is 3.88. The van der Waals surface area contributed by atoms with Crippen molar-refractivity contribution in [3.8, 4) is 0 Å². The third-order valence-corrected chi connectivity index (χ3v) is 3.94. The highest BCUT2D eigenvalue weighted by Gasteiger charge is 2.14. The molecule has 0 bridgehead atoms. The number of benzene rings is 1. The van der Waals surface area contributed by atoms with Gasteiger partial charge in [0.1, 0.15) is 0 Å². The van der Waals surface area contributed by atoms with Gasteiger partial charge in [0.2, 0.25) is 0 Å². The molecular weight excluding hydrogens is 305 g/mol. The number of hydrogen-bond acceptors (Lipinski definition) is 3. The van der Waals surface area contributed by atoms with Crippen LogP contribution in [0.25, 0.3) is 0 Å². The second-order valence-corrected chi connectivity index (χ2v) is 5.42. The van der Waals surface area contributed by atoms with Gasteiger partial charge in [-0.05, 0) is 48.7 Å². The van der Waals surface area contributed by atoms with Crippen molar-refractivity contribution < 1.29 is 0 Å². The maximum atomic E-state index is 6.38. The van der Waals surface area contributed by atoms with Crippen LogP contribution in [0.3, 0.4) is 0 Å². The Kier molecular flexibility index (Phi) is 5.85. The molecule has 112 valence electrons. The van der Waals surface area contributed by atoms with E-state index < -0.39 is 0 Å². The van der Waals surface area contributed by atoms with Crippen LogP contribution < -0.4 is 10.6 Å². The van der Waals surface area contributed by atoms with E-state index in [9.17, 15) is 0 Å². The Morgan fingerprint density at radius 3 is 2.95 bits per heavy atom. The fourth-order valence-electron chi connectivity index (χ4n) is 2.60. The highest BCUT2D eigenvalue weighted by atomic mass is 35.5. The van der Waals surface area contributed by atoms with E-state index in [4.69, 9.17) is 11.6 Å². The number of halogens is 2. The lowest BCUT2D eigenvalue weighted by Gasteiger charge is -2.16. The van der Waals surface area contributed by atoms with Crippen molar-refractivity contribution in [2.24, 2.45) is 0 Å². The van der Waals surface area contributed by atoms with Crippen molar-refractivity contribution >= 4 is 29.7 Å². The summed E-state index contributed by atoms with van der Waals surface area (Å²) in [5.74, 6) is 0. The van der Waals surface area contributed by atoms with Crippen LogP contribution in [0.4, 0.5) is 5.69 Å². The van der Waals surface area contributed by atoms with Gasteiger partial charge in [0.15, 0.2) is 0 Å². The zero-order chi connectivity index (χ0) is 13.8. The van der Waals surface area contributed by atoms with Crippen LogP contribution in [0.15, 0.2) is 36.5 Å². The number of fused-ring (bicyclic) bond motifs is 1. The Hall–Kier alpha value is -1.29. The van der Waals surface area contributed by atoms with Gasteiger partial charge >= 0.3 is 0 Å². The summed E-state index contributed by atoms with van der Waals surface area (Å²) in [6, 6.07) is 10.1. The van der Waals surface area contributed by atoms with Crippen LogP contribution in [0, 0.1) is 0 Å². The van der Waals surface area contributed by atoms with Gasteiger partial charge in [-0.1, -0.05) is 23.7 Å². The molecule has 21 heavy (non-hydrogen) atoms. The fraction of sp³-hybridized carbons (Fsp3) is 0.312. The fourth-order valence-corrected chi connectivity index (χ4v) is 2.84. The monoisotopic (exact) mass is 323 g/mol. The first-order chi connectivity index (χ1) is 9.84. The predicted molar refractivity (Wildman–Crippen MR) is 90.3 cm³/mol. The van der Waals surface area contributed by atoms with Crippen molar-refractivity contribution in [1.29, 1.82) is 0 Å². The smallest absolute Gasteiger partial charge is 0.0640 e. The summed E-state index contributed by atoms with van der Waals surface area (Å²) in [6.45, 7) is 2.68. The Labute approximate surface area is 136 Å². The van der Waals surface area contributed by atoms with Crippen LogP contribution in [0.5, 0.6) is 0 Å². The van der Waals surface area contributed by atoms with Crippen molar-refractivity contribution in [3.63, 3.8) is 0 Å². The Morgan fingerprint density at radius 2 is 2.14 bits per heavy atom. The molecule has 0 aliphatic carbocycles. The minimum atomic E-state index is 0. The average molecular weight is 324 g/mol. The Bertz CT molecular complexity index is 588. The molecule has 0 amide bonds. The van der Waals surface area contributed by atoms with Crippen LogP contribution >= 0.6 is 24.0 Å². The molecule has 3 rings (SSSR count). The lowest BCUT2D eigenvalue weighted by molar-refractivity contribution is 0.681. The van der Waals surface area contributed by atoms with E-state index in [1.165, 1.54) is 11.1 Å². The van der Waals surface area contributed by atoms with Crippen molar-refractivity contribution in [3.05, 3.63) is 58.4 Å². The maximum Gasteiger partial charge on any atom is 0.0640 e. The van der Waals surface area contributed by atoms with Crippen LogP contribution in [-0.4, -0.2) is 11.5 Å². The minimum absolute atomic E-state index is 0. The van der Waals surface area contributed by atoms with Crippen LogP contribution in [0.1, 0.15) is 23.2 Å². The van der Waals surface area contributed by atoms with Crippen molar-refractivity contribution in [2.75, 3.05) is 11.9 Å². The molecular formula is C16H19Cl2N3. The number of nitrogens with one attached hydrogen (secondary N) is 2. The Balaban J connectivity index is 0.00000161. The topological polar surface area (TPSA) is 37.0 Å². The van der Waals surface area contributed by atoms with Gasteiger partial charge in [0.25, 0.3) is 0 Å². The number of nitrogens with zero attached hydrogens (tertiary/aromatic N) is 1. The molecule has 0 fully saturated rings. The summed E-state index contributed by atoms with van der Waals surface area (Å²) in [4.78, 5) is 4.34. The molecule has 0 spiro atoms. The molecule has 3 nitrogen and oxygen atoms in total. The molecule has 5 heteroatoms. The highest BCUT2D eigenvalue weighted by Crippen LogP contribution is 2.31. The molecule has 0 unspecified atom stereocenters. The van der Waals surface area contributed by atoms with E-state index in [-0.39, 0.29) is 12.4 Å². The van der Waals surface area contributed by atoms with E-state index in [0.29, 0.717) is 6.54 Å². The van der Waals surface area contributed by atoms with Crippen molar-refractivity contribution in [2.45, 2.75) is 25.9 Å². The van der Waals surface area contributed by atoms with Gasteiger partial charge < -0.3 is 10.6 Å². The van der Waals surface area contributed by atoms with E-state index in [0.717, 1.165) is 42.3 Å². The van der Waals surface area contributed by atoms with Gasteiger partial charge in [-0.15, -0.1) is 12.4 Å². The standard InChI is InChI=1S/C16H18ClN3.ClH/c17-15-7-6-12-10-18-8-3-5-14(12)16(15)20-11-13-4-1-2-9-19-13;/h1-2,4,6-7,9,18,20H,3,5,8,10-11H2;1H. The second kappa shape index (κ2) is 7.64. The van der Waals surface area contributed by atoms with Gasteiger partial charge in [-0.2, -0.15) is 0 Å². The van der Waals surface area contributed by atoms with E-state index in [1.807, 2.05) is 30.5 Å². The molecule has 0 saturated carbocycles. The molecule has 1 aromatic carbocycles. The normalized spacial score (nSPS) is 13.8. The van der Waals surface area contributed by atoms with Crippen LogP contribution in [-0.2, 0) is 19.5 Å². The minimum Gasteiger partial charge on any atom is -0.378 e. The zero-order valence-electron chi connectivity index (χ0n) is 11.7. The van der Waals surface area contributed by atoms with E-state index in [1.54, 1.807) is 0 Å². The van der Waals surface area contributed by atoms with E-state index in [2.05, 4.69) is 21.7 Å². The largest absolute Gasteiger partial charge is 0.378 e. The molecule has 1 aromatic heterocycles. The van der Waals surface area contributed by atoms with Gasteiger partial charge in [0, 0.05) is 12.7 Å². The van der Waals surface area contributed by atoms with E-state index >= 15 is 0 Å². The first-order valence-corrected chi connectivity index (χ1v) is 7.37. The zero-order valence-corrected chi connectivity index (χ0v) is 13.3. The summed E-state index contributed by atoms with van der Waals surface area (Å²) < 4.78 is 0. The number of aromatic nitrogens is 1. The summed E-state index contributed by atoms with van der Waals surface area (Å²) >= 11 is 6.38. The highest BCUT2D eigenvalue weighted by molar-refractivity contribution is 6.33. The molecule has 1 aliphatic rings. The molecule has 1 aliphatic heterocycles. The summed E-state index contributed by atoms with van der Waals surface area (Å²) in [5, 5.41) is 7.70. The number of hydrogen-bond donors (Lipinski definition) is 2. The Morgan fingerprint density at radius 1 is 1.24 bits per heavy atom. The van der Waals surface area contributed by atoms with Gasteiger partial charge in [-0.25, -0.2) is 0 Å². The molecule has 0 atom stereocenters. The molecule has 0 saturated heterocycles. The summed E-state index contributed by atoms with van der Waals surface area (Å²) in [7, 11) is 0. The number of rotatable bonds is 3. The van der Waals surface area contributed by atoms with Crippen molar-refractivity contribution in [1.82, 2.24) is 10.3 Å². The number of pyridine rings is 1. The summed E-state index contributed by atoms with van der Waals surface area (Å²) in [6.07, 6.45) is 4.02. The predicted octanol–water partition coefficient (Wildman–Crippen LogP) is 3.80. The second-order valence-electron chi connectivity index (χ2n) is 5.02. The van der Waals surface area contributed by atoms with Crippen LogP contribution in [0.2, 0.25) is 5.02 Å². The lowest BCUT2D eigenvalue weighted by Crippen LogP contribution is -2.12. The quantitative estimate of drug-likeness (QED) is 0.902. The third-order valence-electron chi connectivity index (χ3n) is 3.63. The molecule has 0 radical (unpaired) electrons. The first-order valence-electron chi connectivity index (χ1n) is 6.99. The van der Waals surface area contributed by atoms with Gasteiger partial charge in [0.05, 0.1) is 22.9 Å². The average Bonchev–Trinajstić information content (AvgIpc) is 2.73. The maximum absolute atomic E-state index is 6.38. The first kappa shape index (κ1) is 16.1. The lowest BCUT2D eigenvalue weighted by atomic mass is 10.0. The summed E-state index contributed by atoms with van der Waals surface area (Å²) in [5.41, 5.74) is 4.78. The number of anilines is 1. The molecule has 2 N–H and O–H groups in total. The SMILES string of the molecule is Cl.Clc1ccc2c(c1NCc1ccccn1)CCCNC2. The molecule has 2 heterocycles. The van der Waals surface area contributed by atoms with Gasteiger partial charge in [-0.3, -0.25) is 4.98 Å².